The largest absolute Gasteiger partial charge is 1.00 e. The van der Waals surface area contributed by atoms with E-state index in [-0.39, 0.29) is 29.6 Å². The number of carboxylic acids is 1. The Morgan fingerprint density at radius 1 is 1.33 bits per heavy atom. The molecule has 0 amide bonds. The molecule has 1 aromatic rings. The molecule has 0 aliphatic heterocycles. The average molecular weight is 337 g/mol. The van der Waals surface area contributed by atoms with Gasteiger partial charge in [0.2, 0.25) is 0 Å². The number of halogens is 4. The first-order chi connectivity index (χ1) is 7.70. The third-order valence-electron chi connectivity index (χ3n) is 1.43. The van der Waals surface area contributed by atoms with Crippen LogP contribution >= 0.6 is 46.4 Å². The number of hydrogen-bond acceptors (Lipinski definition) is 3. The molecule has 18 heavy (non-hydrogen) atoms. The van der Waals surface area contributed by atoms with Gasteiger partial charge in [0.1, 0.15) is 6.07 Å². The second kappa shape index (κ2) is 9.28. The van der Waals surface area contributed by atoms with E-state index < -0.39 is 10.3 Å². The zero-order valence-electron chi connectivity index (χ0n) is 9.51. The molecule has 0 saturated heterocycles. The Bertz CT molecular complexity index is 434. The predicted molar refractivity (Wildman–Crippen MR) is 66.3 cm³/mol. The fourth-order valence-electron chi connectivity index (χ4n) is 0.605. The number of rotatable bonds is 1. The van der Waals surface area contributed by atoms with Gasteiger partial charge in [-0.1, -0.05) is 52.5 Å². The molecular formula is C10H6Cl4NNaO2. The van der Waals surface area contributed by atoms with Gasteiger partial charge in [0.05, 0.1) is 21.6 Å². The van der Waals surface area contributed by atoms with E-state index in [0.717, 1.165) is 6.92 Å². The Morgan fingerprint density at radius 2 is 1.67 bits per heavy atom. The summed E-state index contributed by atoms with van der Waals surface area (Å²) in [5.41, 5.74) is 0.339. The Kier molecular flexibility index (Phi) is 10.6. The summed E-state index contributed by atoms with van der Waals surface area (Å²) in [7, 11) is 0. The summed E-state index contributed by atoms with van der Waals surface area (Å²) < 4.78 is -1.75. The van der Waals surface area contributed by atoms with Crippen molar-refractivity contribution in [1.82, 2.24) is 0 Å². The van der Waals surface area contributed by atoms with Crippen molar-refractivity contribution < 1.29 is 39.5 Å². The van der Waals surface area contributed by atoms with Crippen molar-refractivity contribution in [2.45, 2.75) is 11.3 Å². The Balaban J connectivity index is 0. The van der Waals surface area contributed by atoms with Gasteiger partial charge in [-0.25, -0.2) is 0 Å². The first-order valence-corrected chi connectivity index (χ1v) is 5.64. The predicted octanol–water partition coefficient (Wildman–Crippen LogP) is -0.201. The van der Waals surface area contributed by atoms with Gasteiger partial charge in [-0.3, -0.25) is 0 Å². The summed E-state index contributed by atoms with van der Waals surface area (Å²) in [5, 5.41) is 18.9. The zero-order valence-corrected chi connectivity index (χ0v) is 14.5. The maximum atomic E-state index is 9.65. The van der Waals surface area contributed by atoms with Gasteiger partial charge in [0.25, 0.3) is 0 Å². The number of benzene rings is 1. The summed E-state index contributed by atoms with van der Waals surface area (Å²) in [5.74, 6) is -1.48. The summed E-state index contributed by atoms with van der Waals surface area (Å²) in [6.07, 6.45) is 0. The maximum Gasteiger partial charge on any atom is 1.00 e. The number of carbonyl (C=O) groups excluding carboxylic acids is 1. The van der Waals surface area contributed by atoms with Crippen LogP contribution in [0.15, 0.2) is 18.2 Å². The summed E-state index contributed by atoms with van der Waals surface area (Å²) in [6.45, 7) is 1.13. The van der Waals surface area contributed by atoms with Gasteiger partial charge < -0.3 is 9.90 Å². The van der Waals surface area contributed by atoms with Crippen LogP contribution in [0.1, 0.15) is 12.5 Å². The van der Waals surface area contributed by atoms with E-state index in [1.165, 1.54) is 0 Å². The average Bonchev–Trinajstić information content (AvgIpc) is 2.17. The number of alkyl halides is 2. The van der Waals surface area contributed by atoms with Crippen LogP contribution in [0.3, 0.4) is 0 Å². The van der Waals surface area contributed by atoms with Gasteiger partial charge in [0.15, 0.2) is 4.33 Å². The van der Waals surface area contributed by atoms with Crippen molar-refractivity contribution in [3.63, 3.8) is 0 Å². The van der Waals surface area contributed by atoms with Crippen molar-refractivity contribution in [1.29, 1.82) is 5.26 Å². The van der Waals surface area contributed by atoms with Crippen LogP contribution in [-0.2, 0) is 4.79 Å². The number of hydrogen-bond donors (Lipinski definition) is 0. The Hall–Kier alpha value is 0.340. The normalized spacial score (nSPS) is 9.33. The van der Waals surface area contributed by atoms with E-state index >= 15 is 0 Å². The SMILES string of the molecule is CC(Cl)(Cl)C(=O)[O-].N#Cc1c(Cl)cccc1Cl.[Na+]. The molecule has 0 aliphatic rings. The number of aliphatic carboxylic acids is 1. The molecule has 1 aromatic carbocycles. The van der Waals surface area contributed by atoms with Crippen LogP contribution in [0.25, 0.3) is 0 Å². The first kappa shape index (κ1) is 20.7. The van der Waals surface area contributed by atoms with E-state index in [0.29, 0.717) is 15.6 Å². The number of carboxylic acid groups (broad SMARTS) is 1. The van der Waals surface area contributed by atoms with Gasteiger partial charge >= 0.3 is 29.6 Å². The van der Waals surface area contributed by atoms with E-state index in [9.17, 15) is 9.90 Å². The number of nitriles is 1. The third-order valence-corrected chi connectivity index (χ3v) is 2.37. The molecule has 0 aromatic heterocycles. The molecule has 0 N–H and O–H groups in total. The molecular weight excluding hydrogens is 331 g/mol. The van der Waals surface area contributed by atoms with Gasteiger partial charge in [-0.15, -0.1) is 0 Å². The minimum atomic E-state index is -1.75. The topological polar surface area (TPSA) is 63.9 Å². The molecule has 0 bridgehead atoms. The quantitative estimate of drug-likeness (QED) is 0.527. The standard InChI is InChI=1S/C7H3Cl2N.C3H4Cl2O2.Na/c8-6-2-1-3-7(9)5(6)4-10;1-3(4,5)2(6)7;/h1-3H;1H3,(H,6,7);/q;;+1/p-1. The molecule has 0 atom stereocenters. The summed E-state index contributed by atoms with van der Waals surface area (Å²) in [4.78, 5) is 9.65. The van der Waals surface area contributed by atoms with Crippen LogP contribution in [0, 0.1) is 11.3 Å². The molecule has 0 heterocycles. The molecule has 1 rings (SSSR count). The number of nitrogens with zero attached hydrogens (tertiary/aromatic N) is 1. The molecule has 0 spiro atoms. The maximum absolute atomic E-state index is 9.65. The monoisotopic (exact) mass is 335 g/mol. The summed E-state index contributed by atoms with van der Waals surface area (Å²) in [6, 6.07) is 6.86. The van der Waals surface area contributed by atoms with Crippen LogP contribution in [0.4, 0.5) is 0 Å². The van der Waals surface area contributed by atoms with Crippen molar-refractivity contribution in [2.75, 3.05) is 0 Å². The molecule has 92 valence electrons. The zero-order chi connectivity index (χ0) is 13.6. The fourth-order valence-corrected chi connectivity index (χ4v) is 1.09. The van der Waals surface area contributed by atoms with Crippen LogP contribution < -0.4 is 34.7 Å². The number of carbonyl (C=O) groups is 1. The minimum Gasteiger partial charge on any atom is -0.547 e. The third kappa shape index (κ3) is 7.70. The van der Waals surface area contributed by atoms with E-state index in [4.69, 9.17) is 51.7 Å². The van der Waals surface area contributed by atoms with Crippen molar-refractivity contribution >= 4 is 52.4 Å². The van der Waals surface area contributed by atoms with Crippen LogP contribution in [0.5, 0.6) is 0 Å². The first-order valence-electron chi connectivity index (χ1n) is 4.13. The van der Waals surface area contributed by atoms with Crippen LogP contribution in [0.2, 0.25) is 10.0 Å². The second-order valence-electron chi connectivity index (χ2n) is 2.88. The van der Waals surface area contributed by atoms with Crippen molar-refractivity contribution in [3.8, 4) is 6.07 Å². The second-order valence-corrected chi connectivity index (χ2v) is 5.40. The van der Waals surface area contributed by atoms with Gasteiger partial charge in [-0.2, -0.15) is 5.26 Å². The van der Waals surface area contributed by atoms with E-state index in [1.54, 1.807) is 18.2 Å². The van der Waals surface area contributed by atoms with Crippen molar-refractivity contribution in [2.24, 2.45) is 0 Å². The molecule has 0 fully saturated rings. The smallest absolute Gasteiger partial charge is 0.547 e. The molecule has 3 nitrogen and oxygen atoms in total. The Labute approximate surface area is 147 Å². The molecule has 0 unspecified atom stereocenters. The van der Waals surface area contributed by atoms with E-state index in [2.05, 4.69) is 0 Å². The van der Waals surface area contributed by atoms with Crippen molar-refractivity contribution in [3.05, 3.63) is 33.8 Å². The van der Waals surface area contributed by atoms with Gasteiger partial charge in [0, 0.05) is 0 Å². The fraction of sp³-hybridized carbons (Fsp3) is 0.200. The molecule has 0 radical (unpaired) electrons. The Morgan fingerprint density at radius 3 is 1.83 bits per heavy atom. The van der Waals surface area contributed by atoms with Gasteiger partial charge in [-0.05, 0) is 19.1 Å². The molecule has 8 heteroatoms. The molecule has 0 aliphatic carbocycles. The van der Waals surface area contributed by atoms with Crippen LogP contribution in [-0.4, -0.2) is 10.3 Å². The summed E-state index contributed by atoms with van der Waals surface area (Å²) >= 11 is 21.2. The molecule has 0 saturated carbocycles. The minimum absolute atomic E-state index is 0. The van der Waals surface area contributed by atoms with E-state index in [1.807, 2.05) is 6.07 Å².